The molecule has 7 nitrogen and oxygen atoms in total. The van der Waals surface area contributed by atoms with Gasteiger partial charge in [-0.05, 0) is 37.1 Å². The molecule has 0 aromatic heterocycles. The minimum absolute atomic E-state index is 0.00819. The normalized spacial score (nSPS) is 15.1. The third-order valence-corrected chi connectivity index (χ3v) is 7.01. The molecule has 1 N–H and O–H groups in total. The fraction of sp³-hybridized carbons (Fsp3) is 0.316. The van der Waals surface area contributed by atoms with Crippen LogP contribution in [-0.2, 0) is 10.0 Å². The lowest BCUT2D eigenvalue weighted by molar-refractivity contribution is 0.0697. The van der Waals surface area contributed by atoms with Crippen LogP contribution in [0.25, 0.3) is 0 Å². The molecule has 3 rings (SSSR count). The Hall–Kier alpha value is -2.00. The van der Waals surface area contributed by atoms with E-state index in [0.29, 0.717) is 13.1 Å². The highest BCUT2D eigenvalue weighted by Crippen LogP contribution is 2.39. The summed E-state index contributed by atoms with van der Waals surface area (Å²) in [5.41, 5.74) is -0.0875. The number of methoxy groups -OCH3 is 1. The Morgan fingerprint density at radius 1 is 1.07 bits per heavy atom. The zero-order valence-electron chi connectivity index (χ0n) is 15.5. The van der Waals surface area contributed by atoms with Gasteiger partial charge in [0, 0.05) is 19.2 Å². The van der Waals surface area contributed by atoms with E-state index in [2.05, 4.69) is 0 Å². The molecule has 0 saturated carbocycles. The largest absolute Gasteiger partial charge is 0.495 e. The van der Waals surface area contributed by atoms with Crippen molar-refractivity contribution >= 4 is 39.2 Å². The number of carboxylic acid groups (broad SMARTS) is 1. The van der Waals surface area contributed by atoms with Gasteiger partial charge >= 0.3 is 5.97 Å². The molecule has 0 spiro atoms. The van der Waals surface area contributed by atoms with Crippen molar-refractivity contribution < 1.29 is 27.8 Å². The first kappa shape index (κ1) is 21.7. The molecule has 2 aromatic carbocycles. The molecule has 0 amide bonds. The molecule has 0 atom stereocenters. The summed E-state index contributed by atoms with van der Waals surface area (Å²) in [6, 6.07) is 6.77. The maximum absolute atomic E-state index is 13.1. The molecule has 1 saturated heterocycles. The quantitative estimate of drug-likeness (QED) is 0.674. The summed E-state index contributed by atoms with van der Waals surface area (Å²) in [5.74, 6) is -0.779. The Morgan fingerprint density at radius 3 is 2.24 bits per heavy atom. The lowest BCUT2D eigenvalue weighted by atomic mass is 10.2. The van der Waals surface area contributed by atoms with Gasteiger partial charge in [0.05, 0.1) is 22.7 Å². The van der Waals surface area contributed by atoms with E-state index in [9.17, 15) is 13.2 Å². The standard InChI is InChI=1S/C19H19Cl2NO6S/c1-27-16-6-5-13(11-17(16)29(25,26)22-7-3-2-4-8-22)28-18-14(20)9-12(19(23)24)10-15(18)21/h5-6,9-11H,2-4,7-8H2,1H3,(H,23,24). The summed E-state index contributed by atoms with van der Waals surface area (Å²) in [6.07, 6.45) is 2.60. The van der Waals surface area contributed by atoms with Crippen molar-refractivity contribution in [2.24, 2.45) is 0 Å². The lowest BCUT2D eigenvalue weighted by Gasteiger charge is -2.26. The van der Waals surface area contributed by atoms with Crippen LogP contribution in [0.5, 0.6) is 17.2 Å². The average molecular weight is 460 g/mol. The first-order valence-corrected chi connectivity index (χ1v) is 11.0. The molecular weight excluding hydrogens is 441 g/mol. The van der Waals surface area contributed by atoms with E-state index in [1.54, 1.807) is 0 Å². The highest BCUT2D eigenvalue weighted by molar-refractivity contribution is 7.89. The predicted octanol–water partition coefficient (Wildman–Crippen LogP) is 4.67. The minimum Gasteiger partial charge on any atom is -0.495 e. The average Bonchev–Trinajstić information content (AvgIpc) is 2.71. The van der Waals surface area contributed by atoms with E-state index in [1.165, 1.54) is 41.7 Å². The smallest absolute Gasteiger partial charge is 0.335 e. The number of sulfonamides is 1. The predicted molar refractivity (Wildman–Crippen MR) is 109 cm³/mol. The van der Waals surface area contributed by atoms with Crippen LogP contribution in [0.15, 0.2) is 35.2 Å². The molecule has 0 unspecified atom stereocenters. The van der Waals surface area contributed by atoms with Crippen molar-refractivity contribution in [3.8, 4) is 17.2 Å². The summed E-state index contributed by atoms with van der Waals surface area (Å²) in [7, 11) is -2.38. The Morgan fingerprint density at radius 2 is 1.69 bits per heavy atom. The highest BCUT2D eigenvalue weighted by atomic mass is 35.5. The van der Waals surface area contributed by atoms with E-state index >= 15 is 0 Å². The number of benzene rings is 2. The Labute approximate surface area is 178 Å². The maximum atomic E-state index is 13.1. The summed E-state index contributed by atoms with van der Waals surface area (Å²) < 4.78 is 38.6. The topological polar surface area (TPSA) is 93.1 Å². The SMILES string of the molecule is COc1ccc(Oc2c(Cl)cc(C(=O)O)cc2Cl)cc1S(=O)(=O)N1CCCCC1. The monoisotopic (exact) mass is 459 g/mol. The number of rotatable bonds is 6. The van der Waals surface area contributed by atoms with Crippen molar-refractivity contribution in [2.75, 3.05) is 20.2 Å². The molecular formula is C19H19Cl2NO6S. The number of nitrogens with zero attached hydrogens (tertiary/aromatic N) is 1. The number of carboxylic acids is 1. The van der Waals surface area contributed by atoms with Crippen molar-refractivity contribution in [3.63, 3.8) is 0 Å². The summed E-state index contributed by atoms with van der Waals surface area (Å²) in [6.45, 7) is 0.899. The second-order valence-electron chi connectivity index (χ2n) is 6.45. The summed E-state index contributed by atoms with van der Waals surface area (Å²) in [4.78, 5) is 11.1. The van der Waals surface area contributed by atoms with Gasteiger partial charge in [0.15, 0.2) is 5.75 Å². The number of carbonyl (C=O) groups is 1. The maximum Gasteiger partial charge on any atom is 0.335 e. The fourth-order valence-corrected chi connectivity index (χ4v) is 5.32. The first-order valence-electron chi connectivity index (χ1n) is 8.82. The van der Waals surface area contributed by atoms with Crippen LogP contribution in [0.2, 0.25) is 10.0 Å². The molecule has 29 heavy (non-hydrogen) atoms. The van der Waals surface area contributed by atoms with Gasteiger partial charge < -0.3 is 14.6 Å². The zero-order chi connectivity index (χ0) is 21.2. The van der Waals surface area contributed by atoms with Crippen molar-refractivity contribution in [2.45, 2.75) is 24.2 Å². The zero-order valence-corrected chi connectivity index (χ0v) is 17.9. The minimum atomic E-state index is -3.77. The summed E-state index contributed by atoms with van der Waals surface area (Å²) in [5, 5.41) is 9.06. The van der Waals surface area contributed by atoms with Crippen LogP contribution < -0.4 is 9.47 Å². The molecule has 1 fully saturated rings. The van der Waals surface area contributed by atoms with Gasteiger partial charge in [-0.3, -0.25) is 0 Å². The van der Waals surface area contributed by atoms with E-state index in [1.807, 2.05) is 0 Å². The van der Waals surface area contributed by atoms with E-state index < -0.39 is 16.0 Å². The third-order valence-electron chi connectivity index (χ3n) is 4.53. The van der Waals surface area contributed by atoms with Crippen LogP contribution >= 0.6 is 23.2 Å². The van der Waals surface area contributed by atoms with Crippen molar-refractivity contribution in [1.29, 1.82) is 0 Å². The number of hydrogen-bond donors (Lipinski definition) is 1. The third kappa shape index (κ3) is 4.61. The van der Waals surface area contributed by atoms with Gasteiger partial charge in [-0.15, -0.1) is 0 Å². The van der Waals surface area contributed by atoms with Crippen molar-refractivity contribution in [1.82, 2.24) is 4.31 Å². The molecule has 0 aliphatic carbocycles. The van der Waals surface area contributed by atoms with Gasteiger partial charge in [0.2, 0.25) is 10.0 Å². The van der Waals surface area contributed by atoms with Gasteiger partial charge in [-0.1, -0.05) is 29.6 Å². The molecule has 1 aliphatic rings. The van der Waals surface area contributed by atoms with E-state index in [-0.39, 0.29) is 37.8 Å². The number of halogens is 2. The molecule has 0 bridgehead atoms. The fourth-order valence-electron chi connectivity index (χ4n) is 3.07. The van der Waals surface area contributed by atoms with Gasteiger partial charge in [-0.2, -0.15) is 4.31 Å². The number of piperidine rings is 1. The van der Waals surface area contributed by atoms with Gasteiger partial charge in [0.1, 0.15) is 16.4 Å². The van der Waals surface area contributed by atoms with Crippen LogP contribution in [0.1, 0.15) is 29.6 Å². The van der Waals surface area contributed by atoms with Crippen LogP contribution in [0.4, 0.5) is 0 Å². The summed E-state index contributed by atoms with van der Waals surface area (Å²) >= 11 is 12.2. The van der Waals surface area contributed by atoms with Crippen molar-refractivity contribution in [3.05, 3.63) is 45.9 Å². The molecule has 10 heteroatoms. The first-order chi connectivity index (χ1) is 13.7. The lowest BCUT2D eigenvalue weighted by Crippen LogP contribution is -2.35. The highest BCUT2D eigenvalue weighted by Gasteiger charge is 2.29. The Balaban J connectivity index is 1.99. The molecule has 156 valence electrons. The van der Waals surface area contributed by atoms with Crippen LogP contribution in [-0.4, -0.2) is 44.0 Å². The Kier molecular flexibility index (Phi) is 6.58. The van der Waals surface area contributed by atoms with Gasteiger partial charge in [0.25, 0.3) is 0 Å². The molecule has 1 heterocycles. The van der Waals surface area contributed by atoms with Crippen LogP contribution in [0.3, 0.4) is 0 Å². The number of ether oxygens (including phenoxy) is 2. The molecule has 0 radical (unpaired) electrons. The van der Waals surface area contributed by atoms with Gasteiger partial charge in [-0.25, -0.2) is 13.2 Å². The number of hydrogen-bond acceptors (Lipinski definition) is 5. The van der Waals surface area contributed by atoms with Crippen LogP contribution in [0, 0.1) is 0 Å². The Bertz CT molecular complexity index is 1010. The van der Waals surface area contributed by atoms with E-state index in [0.717, 1.165) is 19.3 Å². The number of aromatic carboxylic acids is 1. The molecule has 1 aliphatic heterocycles. The molecule has 2 aromatic rings. The second kappa shape index (κ2) is 8.79. The second-order valence-corrected chi connectivity index (χ2v) is 9.17. The van der Waals surface area contributed by atoms with E-state index in [4.69, 9.17) is 37.8 Å².